The first-order chi connectivity index (χ1) is 6.25. The Balaban J connectivity index is 4.12. The average molecular weight is 205 g/mol. The molecule has 0 aromatic heterocycles. The van der Waals surface area contributed by atoms with E-state index in [1.54, 1.807) is 0 Å². The molecule has 1 amide bonds. The van der Waals surface area contributed by atoms with Crippen LogP contribution in [0.4, 0.5) is 4.39 Å². The fourth-order valence-electron chi connectivity index (χ4n) is 0.955. The van der Waals surface area contributed by atoms with Gasteiger partial charge in [-0.15, -0.1) is 0 Å². The second-order valence-electron chi connectivity index (χ2n) is 4.09. The van der Waals surface area contributed by atoms with E-state index in [0.717, 1.165) is 0 Å². The minimum absolute atomic E-state index is 0.103. The Kier molecular flexibility index (Phi) is 4.52. The zero-order chi connectivity index (χ0) is 11.4. The summed E-state index contributed by atoms with van der Waals surface area (Å²) in [6.07, 6.45) is 1.08. The van der Waals surface area contributed by atoms with Crippen LogP contribution in [0.2, 0.25) is 0 Å². The van der Waals surface area contributed by atoms with Crippen LogP contribution in [0.15, 0.2) is 0 Å². The molecule has 0 radical (unpaired) electrons. The molecule has 4 heteroatoms. The molecule has 0 fully saturated rings. The number of rotatable bonds is 5. The summed E-state index contributed by atoms with van der Waals surface area (Å²) in [5.41, 5.74) is -2.80. The van der Waals surface area contributed by atoms with Gasteiger partial charge in [-0.2, -0.15) is 0 Å². The molecular formula is C10H20FNO2. The van der Waals surface area contributed by atoms with Crippen molar-refractivity contribution in [2.75, 3.05) is 6.54 Å². The molecule has 0 aromatic carbocycles. The number of hydrogen-bond acceptors (Lipinski definition) is 2. The zero-order valence-electron chi connectivity index (χ0n) is 9.35. The van der Waals surface area contributed by atoms with Gasteiger partial charge in [-0.1, -0.05) is 13.8 Å². The van der Waals surface area contributed by atoms with Crippen LogP contribution < -0.4 is 5.32 Å². The molecule has 0 spiro atoms. The summed E-state index contributed by atoms with van der Waals surface area (Å²) >= 11 is 0. The Morgan fingerprint density at radius 1 is 1.36 bits per heavy atom. The quantitative estimate of drug-likeness (QED) is 0.712. The third-order valence-corrected chi connectivity index (χ3v) is 2.43. The van der Waals surface area contributed by atoms with Crippen LogP contribution >= 0.6 is 0 Å². The number of hydrogen-bond donors (Lipinski definition) is 2. The Hall–Kier alpha value is -0.640. The van der Waals surface area contributed by atoms with Crippen molar-refractivity contribution < 1.29 is 14.3 Å². The second kappa shape index (κ2) is 4.73. The van der Waals surface area contributed by atoms with E-state index in [1.165, 1.54) is 13.8 Å². The highest BCUT2D eigenvalue weighted by atomic mass is 19.1. The number of carbonyl (C=O) groups is 1. The van der Waals surface area contributed by atoms with E-state index in [2.05, 4.69) is 5.32 Å². The maximum atomic E-state index is 13.1. The summed E-state index contributed by atoms with van der Waals surface area (Å²) in [6, 6.07) is 0. The highest BCUT2D eigenvalue weighted by molar-refractivity contribution is 5.84. The third-order valence-electron chi connectivity index (χ3n) is 2.43. The van der Waals surface area contributed by atoms with E-state index in [-0.39, 0.29) is 6.54 Å². The lowest BCUT2D eigenvalue weighted by Gasteiger charge is -2.26. The molecule has 2 N–H and O–H groups in total. The van der Waals surface area contributed by atoms with Gasteiger partial charge in [-0.05, 0) is 26.7 Å². The van der Waals surface area contributed by atoms with Crippen LogP contribution in [0.5, 0.6) is 0 Å². The van der Waals surface area contributed by atoms with E-state index < -0.39 is 17.2 Å². The molecular weight excluding hydrogens is 185 g/mol. The van der Waals surface area contributed by atoms with E-state index >= 15 is 0 Å². The van der Waals surface area contributed by atoms with Gasteiger partial charge in [-0.25, -0.2) is 4.39 Å². The van der Waals surface area contributed by atoms with Gasteiger partial charge in [0.1, 0.15) is 0 Å². The minimum atomic E-state index is -1.89. The number of aliphatic hydroxyl groups is 1. The molecule has 0 aliphatic heterocycles. The first-order valence-electron chi connectivity index (χ1n) is 4.95. The monoisotopic (exact) mass is 205 g/mol. The molecule has 0 saturated heterocycles. The topological polar surface area (TPSA) is 49.3 Å². The first-order valence-corrected chi connectivity index (χ1v) is 4.95. The highest BCUT2D eigenvalue weighted by Crippen LogP contribution is 2.14. The van der Waals surface area contributed by atoms with Gasteiger partial charge in [0, 0.05) is 6.54 Å². The van der Waals surface area contributed by atoms with Crippen LogP contribution in [-0.2, 0) is 4.79 Å². The lowest BCUT2D eigenvalue weighted by atomic mass is 9.97. The SMILES string of the molecule is CCC(O)(CC)CNC(=O)C(C)(C)F. The lowest BCUT2D eigenvalue weighted by molar-refractivity contribution is -0.132. The summed E-state index contributed by atoms with van der Waals surface area (Å²) in [4.78, 5) is 11.1. The van der Waals surface area contributed by atoms with Gasteiger partial charge in [0.25, 0.3) is 5.91 Å². The Morgan fingerprint density at radius 3 is 2.07 bits per heavy atom. The first kappa shape index (κ1) is 13.4. The van der Waals surface area contributed by atoms with Crippen molar-refractivity contribution in [2.45, 2.75) is 51.8 Å². The molecule has 0 bridgehead atoms. The van der Waals surface area contributed by atoms with Crippen molar-refractivity contribution >= 4 is 5.91 Å². The lowest BCUT2D eigenvalue weighted by Crippen LogP contribution is -2.47. The van der Waals surface area contributed by atoms with Crippen LogP contribution in [0.1, 0.15) is 40.5 Å². The van der Waals surface area contributed by atoms with Gasteiger partial charge >= 0.3 is 0 Å². The summed E-state index contributed by atoms with van der Waals surface area (Å²) in [5, 5.41) is 12.2. The zero-order valence-corrected chi connectivity index (χ0v) is 9.35. The number of alkyl halides is 1. The number of nitrogens with one attached hydrogen (secondary N) is 1. The molecule has 0 rings (SSSR count). The second-order valence-corrected chi connectivity index (χ2v) is 4.09. The summed E-state index contributed by atoms with van der Waals surface area (Å²) in [7, 11) is 0. The molecule has 0 heterocycles. The molecule has 3 nitrogen and oxygen atoms in total. The van der Waals surface area contributed by atoms with E-state index in [1.807, 2.05) is 13.8 Å². The van der Waals surface area contributed by atoms with Crippen molar-refractivity contribution in [1.82, 2.24) is 5.32 Å². The fraction of sp³-hybridized carbons (Fsp3) is 0.900. The van der Waals surface area contributed by atoms with Gasteiger partial charge in [0.05, 0.1) is 5.60 Å². The van der Waals surface area contributed by atoms with Gasteiger partial charge in [0.2, 0.25) is 0 Å². The van der Waals surface area contributed by atoms with Gasteiger partial charge in [0.15, 0.2) is 5.67 Å². The normalized spacial score (nSPS) is 12.7. The van der Waals surface area contributed by atoms with Crippen LogP contribution in [0.25, 0.3) is 0 Å². The molecule has 0 aromatic rings. The van der Waals surface area contributed by atoms with Crippen molar-refractivity contribution in [1.29, 1.82) is 0 Å². The van der Waals surface area contributed by atoms with Crippen molar-refractivity contribution in [3.8, 4) is 0 Å². The van der Waals surface area contributed by atoms with E-state index in [9.17, 15) is 14.3 Å². The summed E-state index contributed by atoms with van der Waals surface area (Å²) in [6.45, 7) is 6.15. The number of amides is 1. The molecule has 0 unspecified atom stereocenters. The predicted molar refractivity (Wildman–Crippen MR) is 53.7 cm³/mol. The molecule has 0 aliphatic rings. The fourth-order valence-corrected chi connectivity index (χ4v) is 0.955. The Labute approximate surface area is 84.7 Å². The van der Waals surface area contributed by atoms with Crippen molar-refractivity contribution in [2.24, 2.45) is 0 Å². The van der Waals surface area contributed by atoms with Gasteiger partial charge in [-0.3, -0.25) is 4.79 Å². The van der Waals surface area contributed by atoms with Crippen LogP contribution in [-0.4, -0.2) is 28.8 Å². The molecule has 14 heavy (non-hydrogen) atoms. The predicted octanol–water partition coefficient (Wildman–Crippen LogP) is 1.40. The largest absolute Gasteiger partial charge is 0.388 e. The molecule has 84 valence electrons. The molecule has 0 atom stereocenters. The van der Waals surface area contributed by atoms with Crippen LogP contribution in [0, 0.1) is 0 Å². The van der Waals surface area contributed by atoms with Gasteiger partial charge < -0.3 is 10.4 Å². The van der Waals surface area contributed by atoms with Crippen molar-refractivity contribution in [3.05, 3.63) is 0 Å². The maximum absolute atomic E-state index is 13.1. The summed E-state index contributed by atoms with van der Waals surface area (Å²) < 4.78 is 13.1. The van der Waals surface area contributed by atoms with E-state index in [0.29, 0.717) is 12.8 Å². The standard InChI is InChI=1S/C10H20FNO2/c1-5-10(14,6-2)7-12-8(13)9(3,4)11/h14H,5-7H2,1-4H3,(H,12,13). The molecule has 0 aliphatic carbocycles. The number of carbonyl (C=O) groups excluding carboxylic acids is 1. The number of halogens is 1. The summed E-state index contributed by atoms with van der Waals surface area (Å²) in [5.74, 6) is -0.683. The third kappa shape index (κ3) is 4.05. The van der Waals surface area contributed by atoms with Crippen LogP contribution in [0.3, 0.4) is 0 Å². The molecule has 0 saturated carbocycles. The Morgan fingerprint density at radius 2 is 1.79 bits per heavy atom. The average Bonchev–Trinajstić information content (AvgIpc) is 2.12. The Bertz CT molecular complexity index is 195. The van der Waals surface area contributed by atoms with E-state index in [4.69, 9.17) is 0 Å². The van der Waals surface area contributed by atoms with Crippen molar-refractivity contribution in [3.63, 3.8) is 0 Å². The maximum Gasteiger partial charge on any atom is 0.257 e. The smallest absolute Gasteiger partial charge is 0.257 e. The minimum Gasteiger partial charge on any atom is -0.388 e. The highest BCUT2D eigenvalue weighted by Gasteiger charge is 2.29.